The van der Waals surface area contributed by atoms with E-state index in [1.54, 1.807) is 17.7 Å². The molecule has 0 unspecified atom stereocenters. The Morgan fingerprint density at radius 1 is 1.15 bits per heavy atom. The number of aromatic nitrogens is 2. The summed E-state index contributed by atoms with van der Waals surface area (Å²) in [6, 6.07) is 2.13. The van der Waals surface area contributed by atoms with E-state index < -0.39 is 0 Å². The zero-order chi connectivity index (χ0) is 13.8. The predicted octanol–water partition coefficient (Wildman–Crippen LogP) is 1.55. The summed E-state index contributed by atoms with van der Waals surface area (Å²) >= 11 is 1.68. The molecule has 0 spiro atoms. The minimum absolute atomic E-state index is 0.803. The molecule has 3 heterocycles. The lowest BCUT2D eigenvalue weighted by molar-refractivity contribution is 0.253. The molecule has 6 heteroatoms. The number of hydrogen-bond acceptors (Lipinski definition) is 6. The number of piperazine rings is 1. The fraction of sp³-hybridized carbons (Fsp3) is 0.571. The van der Waals surface area contributed by atoms with E-state index in [9.17, 15) is 0 Å². The van der Waals surface area contributed by atoms with Gasteiger partial charge in [-0.25, -0.2) is 9.97 Å². The molecule has 1 aliphatic rings. The number of rotatable bonds is 5. The number of nitrogens with zero attached hydrogens (tertiary/aromatic N) is 4. The molecule has 20 heavy (non-hydrogen) atoms. The van der Waals surface area contributed by atoms with Crippen molar-refractivity contribution >= 4 is 27.4 Å². The highest BCUT2D eigenvalue weighted by molar-refractivity contribution is 7.16. The third-order valence-electron chi connectivity index (χ3n) is 3.84. The van der Waals surface area contributed by atoms with Gasteiger partial charge in [0.1, 0.15) is 17.0 Å². The van der Waals surface area contributed by atoms with Crippen molar-refractivity contribution in [3.63, 3.8) is 0 Å². The maximum absolute atomic E-state index is 5.54. The number of thiophene rings is 1. The molecular formula is C14H21N5S. The van der Waals surface area contributed by atoms with Crippen LogP contribution in [0.2, 0.25) is 0 Å². The van der Waals surface area contributed by atoms with Crippen LogP contribution in [-0.2, 0) is 0 Å². The van der Waals surface area contributed by atoms with Gasteiger partial charge >= 0.3 is 0 Å². The molecule has 1 saturated heterocycles. The van der Waals surface area contributed by atoms with Crippen LogP contribution >= 0.6 is 11.3 Å². The third-order valence-corrected chi connectivity index (χ3v) is 4.66. The second-order valence-corrected chi connectivity index (χ2v) is 6.06. The predicted molar refractivity (Wildman–Crippen MR) is 84.4 cm³/mol. The van der Waals surface area contributed by atoms with Crippen LogP contribution in [0.1, 0.15) is 12.8 Å². The summed E-state index contributed by atoms with van der Waals surface area (Å²) in [5.41, 5.74) is 5.54. The van der Waals surface area contributed by atoms with Crippen LogP contribution in [0.3, 0.4) is 0 Å². The Morgan fingerprint density at radius 3 is 2.80 bits per heavy atom. The maximum atomic E-state index is 5.54. The first-order valence-corrected chi connectivity index (χ1v) is 8.12. The Balaban J connectivity index is 1.62. The van der Waals surface area contributed by atoms with Gasteiger partial charge in [-0.3, -0.25) is 4.90 Å². The van der Waals surface area contributed by atoms with Gasteiger partial charge in [0.2, 0.25) is 0 Å². The average molecular weight is 291 g/mol. The van der Waals surface area contributed by atoms with Crippen LogP contribution in [0.5, 0.6) is 0 Å². The maximum Gasteiger partial charge on any atom is 0.140 e. The highest BCUT2D eigenvalue weighted by Crippen LogP contribution is 2.27. The fourth-order valence-electron chi connectivity index (χ4n) is 2.69. The van der Waals surface area contributed by atoms with Gasteiger partial charge < -0.3 is 10.6 Å². The summed E-state index contributed by atoms with van der Waals surface area (Å²) in [6.07, 6.45) is 4.02. The molecule has 1 aliphatic heterocycles. The Labute approximate surface area is 123 Å². The number of unbranched alkanes of at least 4 members (excludes halogenated alkanes) is 1. The van der Waals surface area contributed by atoms with Crippen molar-refractivity contribution in [3.05, 3.63) is 17.8 Å². The molecule has 3 rings (SSSR count). The fourth-order valence-corrected chi connectivity index (χ4v) is 3.42. The van der Waals surface area contributed by atoms with Crippen molar-refractivity contribution in [2.24, 2.45) is 5.73 Å². The Hall–Kier alpha value is -1.24. The Kier molecular flexibility index (Phi) is 4.44. The highest BCUT2D eigenvalue weighted by atomic mass is 32.1. The monoisotopic (exact) mass is 291 g/mol. The summed E-state index contributed by atoms with van der Waals surface area (Å²) in [6.45, 7) is 6.29. The molecule has 2 N–H and O–H groups in total. The molecule has 0 amide bonds. The van der Waals surface area contributed by atoms with Crippen molar-refractivity contribution in [2.45, 2.75) is 12.8 Å². The van der Waals surface area contributed by atoms with Gasteiger partial charge in [-0.05, 0) is 37.4 Å². The SMILES string of the molecule is NCCCCN1CCN(c2ncnc3sccc23)CC1. The van der Waals surface area contributed by atoms with E-state index in [0.29, 0.717) is 0 Å². The molecule has 0 aromatic carbocycles. The molecule has 0 aliphatic carbocycles. The van der Waals surface area contributed by atoms with E-state index in [1.165, 1.54) is 18.4 Å². The van der Waals surface area contributed by atoms with E-state index in [4.69, 9.17) is 5.73 Å². The first-order valence-electron chi connectivity index (χ1n) is 7.24. The van der Waals surface area contributed by atoms with Gasteiger partial charge in [0, 0.05) is 26.2 Å². The summed E-state index contributed by atoms with van der Waals surface area (Å²) in [4.78, 5) is 14.8. The van der Waals surface area contributed by atoms with E-state index in [2.05, 4.69) is 31.2 Å². The van der Waals surface area contributed by atoms with Crippen molar-refractivity contribution < 1.29 is 0 Å². The van der Waals surface area contributed by atoms with Crippen LogP contribution in [0.4, 0.5) is 5.82 Å². The topological polar surface area (TPSA) is 58.3 Å². The summed E-state index contributed by atoms with van der Waals surface area (Å²) in [5.74, 6) is 1.10. The van der Waals surface area contributed by atoms with E-state index >= 15 is 0 Å². The highest BCUT2D eigenvalue weighted by Gasteiger charge is 2.19. The van der Waals surface area contributed by atoms with Crippen LogP contribution in [0.15, 0.2) is 17.8 Å². The molecule has 1 fully saturated rings. The smallest absolute Gasteiger partial charge is 0.140 e. The largest absolute Gasteiger partial charge is 0.353 e. The minimum atomic E-state index is 0.803. The number of fused-ring (bicyclic) bond motifs is 1. The molecule has 0 radical (unpaired) electrons. The zero-order valence-corrected chi connectivity index (χ0v) is 12.5. The second-order valence-electron chi connectivity index (χ2n) is 5.16. The zero-order valence-electron chi connectivity index (χ0n) is 11.7. The van der Waals surface area contributed by atoms with Crippen molar-refractivity contribution in [2.75, 3.05) is 44.2 Å². The Morgan fingerprint density at radius 2 is 2.00 bits per heavy atom. The molecular weight excluding hydrogens is 270 g/mol. The molecule has 0 saturated carbocycles. The molecule has 2 aromatic heterocycles. The van der Waals surface area contributed by atoms with Gasteiger partial charge in [0.15, 0.2) is 0 Å². The molecule has 5 nitrogen and oxygen atoms in total. The van der Waals surface area contributed by atoms with Crippen LogP contribution in [0, 0.1) is 0 Å². The molecule has 0 bridgehead atoms. The number of anilines is 1. The number of nitrogens with two attached hydrogens (primary N) is 1. The quantitative estimate of drug-likeness (QED) is 0.847. The van der Waals surface area contributed by atoms with E-state index in [-0.39, 0.29) is 0 Å². The Bertz CT molecular complexity index is 547. The van der Waals surface area contributed by atoms with Gasteiger partial charge in [-0.15, -0.1) is 11.3 Å². The molecule has 0 atom stereocenters. The van der Waals surface area contributed by atoms with E-state index in [0.717, 1.165) is 49.8 Å². The summed E-state index contributed by atoms with van der Waals surface area (Å²) in [7, 11) is 0. The van der Waals surface area contributed by atoms with Crippen LogP contribution < -0.4 is 10.6 Å². The van der Waals surface area contributed by atoms with Gasteiger partial charge in [0.25, 0.3) is 0 Å². The average Bonchev–Trinajstić information content (AvgIpc) is 2.97. The van der Waals surface area contributed by atoms with Crippen molar-refractivity contribution in [3.8, 4) is 0 Å². The van der Waals surface area contributed by atoms with Crippen LogP contribution in [-0.4, -0.2) is 54.1 Å². The first kappa shape index (κ1) is 13.7. The minimum Gasteiger partial charge on any atom is -0.353 e. The van der Waals surface area contributed by atoms with Crippen molar-refractivity contribution in [1.82, 2.24) is 14.9 Å². The lowest BCUT2D eigenvalue weighted by atomic mass is 10.2. The lowest BCUT2D eigenvalue weighted by Gasteiger charge is -2.35. The summed E-state index contributed by atoms with van der Waals surface area (Å²) in [5, 5.41) is 3.28. The van der Waals surface area contributed by atoms with E-state index in [1.807, 2.05) is 0 Å². The van der Waals surface area contributed by atoms with Gasteiger partial charge in [-0.1, -0.05) is 0 Å². The second kappa shape index (κ2) is 6.47. The first-order chi connectivity index (χ1) is 9.88. The standard InChI is InChI=1S/C14H21N5S/c15-4-1-2-5-18-6-8-19(9-7-18)13-12-3-10-20-14(12)17-11-16-13/h3,10-11H,1-2,4-9,15H2. The molecule has 108 valence electrons. The van der Waals surface area contributed by atoms with Gasteiger partial charge in [-0.2, -0.15) is 0 Å². The third kappa shape index (κ3) is 2.92. The normalized spacial score (nSPS) is 16.9. The van der Waals surface area contributed by atoms with Crippen molar-refractivity contribution in [1.29, 1.82) is 0 Å². The van der Waals surface area contributed by atoms with Crippen LogP contribution in [0.25, 0.3) is 10.2 Å². The van der Waals surface area contributed by atoms with Gasteiger partial charge in [0.05, 0.1) is 5.39 Å². The number of hydrogen-bond donors (Lipinski definition) is 1. The lowest BCUT2D eigenvalue weighted by Crippen LogP contribution is -2.47. The molecule has 2 aromatic rings. The summed E-state index contributed by atoms with van der Waals surface area (Å²) < 4.78 is 0.